The number of carbonyl (C=O) groups excluding carboxylic acids is 3. The van der Waals surface area contributed by atoms with Crippen molar-refractivity contribution in [2.45, 2.75) is 13.3 Å². The molecule has 15 heavy (non-hydrogen) atoms. The second kappa shape index (κ2) is 5.09. The van der Waals surface area contributed by atoms with E-state index in [-0.39, 0.29) is 6.61 Å². The lowest BCUT2D eigenvalue weighted by Gasteiger charge is -1.99. The van der Waals surface area contributed by atoms with E-state index < -0.39 is 24.0 Å². The van der Waals surface area contributed by atoms with Crippen LogP contribution in [0.2, 0.25) is 0 Å². The minimum absolute atomic E-state index is 0.128. The highest BCUT2D eigenvalue weighted by Crippen LogP contribution is 2.02. The molecule has 0 aliphatic carbocycles. The SMILES string of the molecule is CCOC(=O)C(=O)CC(=O)c1cc[nH]c1. The Morgan fingerprint density at radius 2 is 2.13 bits per heavy atom. The number of aromatic amines is 1. The summed E-state index contributed by atoms with van der Waals surface area (Å²) in [6.45, 7) is 1.72. The van der Waals surface area contributed by atoms with Gasteiger partial charge in [0.2, 0.25) is 5.78 Å². The molecule has 0 radical (unpaired) electrons. The lowest BCUT2D eigenvalue weighted by atomic mass is 10.1. The van der Waals surface area contributed by atoms with E-state index >= 15 is 0 Å². The van der Waals surface area contributed by atoms with Crippen molar-refractivity contribution in [3.05, 3.63) is 24.0 Å². The Morgan fingerprint density at radius 1 is 1.40 bits per heavy atom. The van der Waals surface area contributed by atoms with E-state index in [1.807, 2.05) is 0 Å². The summed E-state index contributed by atoms with van der Waals surface area (Å²) in [5.41, 5.74) is 0.382. The Balaban J connectivity index is 2.52. The predicted molar refractivity (Wildman–Crippen MR) is 51.4 cm³/mol. The van der Waals surface area contributed by atoms with Crippen LogP contribution < -0.4 is 0 Å². The fourth-order valence-corrected chi connectivity index (χ4v) is 1.03. The van der Waals surface area contributed by atoms with Gasteiger partial charge in [0.15, 0.2) is 5.78 Å². The average Bonchev–Trinajstić information content (AvgIpc) is 2.70. The van der Waals surface area contributed by atoms with Crippen molar-refractivity contribution in [3.8, 4) is 0 Å². The van der Waals surface area contributed by atoms with Crippen molar-refractivity contribution in [1.82, 2.24) is 4.98 Å². The van der Waals surface area contributed by atoms with Crippen molar-refractivity contribution in [2.24, 2.45) is 0 Å². The second-order valence-corrected chi connectivity index (χ2v) is 2.84. The zero-order valence-corrected chi connectivity index (χ0v) is 8.28. The standard InChI is InChI=1S/C10H11NO4/c1-2-15-10(14)9(13)5-8(12)7-3-4-11-6-7/h3-4,6,11H,2,5H2,1H3. The number of rotatable bonds is 5. The van der Waals surface area contributed by atoms with E-state index in [2.05, 4.69) is 9.72 Å². The van der Waals surface area contributed by atoms with Crippen LogP contribution in [0.25, 0.3) is 0 Å². The molecule has 0 saturated carbocycles. The number of H-pyrrole nitrogens is 1. The summed E-state index contributed by atoms with van der Waals surface area (Å²) < 4.78 is 4.47. The van der Waals surface area contributed by atoms with Crippen molar-refractivity contribution in [2.75, 3.05) is 6.61 Å². The smallest absolute Gasteiger partial charge is 0.375 e. The molecule has 5 heteroatoms. The molecule has 1 heterocycles. The molecule has 0 aromatic carbocycles. The van der Waals surface area contributed by atoms with Gasteiger partial charge in [0.1, 0.15) is 0 Å². The van der Waals surface area contributed by atoms with Crippen LogP contribution in [0.3, 0.4) is 0 Å². The molecule has 0 amide bonds. The van der Waals surface area contributed by atoms with E-state index in [0.717, 1.165) is 0 Å². The summed E-state index contributed by atoms with van der Waals surface area (Å²) >= 11 is 0. The summed E-state index contributed by atoms with van der Waals surface area (Å²) in [6, 6.07) is 1.54. The first-order valence-corrected chi connectivity index (χ1v) is 4.51. The Labute approximate surface area is 86.4 Å². The number of ether oxygens (including phenoxy) is 1. The van der Waals surface area contributed by atoms with Gasteiger partial charge in [-0.25, -0.2) is 4.79 Å². The lowest BCUT2D eigenvalue weighted by Crippen LogP contribution is -2.20. The van der Waals surface area contributed by atoms with Gasteiger partial charge in [-0.3, -0.25) is 9.59 Å². The first kappa shape index (κ1) is 11.2. The minimum Gasteiger partial charge on any atom is -0.460 e. The Hall–Kier alpha value is -1.91. The average molecular weight is 209 g/mol. The fraction of sp³-hybridized carbons (Fsp3) is 0.300. The normalized spacial score (nSPS) is 9.67. The highest BCUT2D eigenvalue weighted by Gasteiger charge is 2.19. The number of hydrogen-bond acceptors (Lipinski definition) is 4. The Bertz CT molecular complexity index is 367. The summed E-state index contributed by atoms with van der Waals surface area (Å²) in [4.78, 5) is 36.1. The summed E-state index contributed by atoms with van der Waals surface area (Å²) in [5.74, 6) is -2.17. The van der Waals surface area contributed by atoms with Gasteiger partial charge in [-0.15, -0.1) is 0 Å². The minimum atomic E-state index is -0.957. The topological polar surface area (TPSA) is 76.2 Å². The molecule has 1 aromatic heterocycles. The largest absolute Gasteiger partial charge is 0.460 e. The highest BCUT2D eigenvalue weighted by molar-refractivity contribution is 6.38. The highest BCUT2D eigenvalue weighted by atomic mass is 16.5. The maximum absolute atomic E-state index is 11.4. The number of hydrogen-bond donors (Lipinski definition) is 1. The molecule has 0 aliphatic heterocycles. The lowest BCUT2D eigenvalue weighted by molar-refractivity contribution is -0.153. The number of esters is 1. The first-order chi connectivity index (χ1) is 7.15. The molecule has 0 atom stereocenters. The third-order valence-corrected chi connectivity index (χ3v) is 1.74. The molecule has 0 fully saturated rings. The zero-order valence-electron chi connectivity index (χ0n) is 8.28. The summed E-state index contributed by atoms with van der Waals surface area (Å²) in [7, 11) is 0. The van der Waals surface area contributed by atoms with Crippen LogP contribution in [-0.4, -0.2) is 29.1 Å². The van der Waals surface area contributed by atoms with E-state index in [1.165, 1.54) is 6.20 Å². The first-order valence-electron chi connectivity index (χ1n) is 4.51. The van der Waals surface area contributed by atoms with Crippen molar-refractivity contribution >= 4 is 17.5 Å². The van der Waals surface area contributed by atoms with Gasteiger partial charge in [-0.1, -0.05) is 0 Å². The molecular weight excluding hydrogens is 198 g/mol. The molecule has 1 N–H and O–H groups in total. The van der Waals surface area contributed by atoms with Crippen LogP contribution in [0.15, 0.2) is 18.5 Å². The van der Waals surface area contributed by atoms with Gasteiger partial charge in [0.05, 0.1) is 13.0 Å². The van der Waals surface area contributed by atoms with Crippen molar-refractivity contribution < 1.29 is 19.1 Å². The van der Waals surface area contributed by atoms with Crippen LogP contribution in [0.1, 0.15) is 23.7 Å². The molecule has 80 valence electrons. The van der Waals surface area contributed by atoms with Crippen LogP contribution >= 0.6 is 0 Å². The van der Waals surface area contributed by atoms with E-state index in [9.17, 15) is 14.4 Å². The number of carbonyl (C=O) groups is 3. The summed E-state index contributed by atoms with van der Waals surface area (Å²) in [5, 5.41) is 0. The molecule has 0 saturated heterocycles. The van der Waals surface area contributed by atoms with Crippen molar-refractivity contribution in [1.29, 1.82) is 0 Å². The van der Waals surface area contributed by atoms with Gasteiger partial charge in [-0.05, 0) is 13.0 Å². The summed E-state index contributed by atoms with van der Waals surface area (Å²) in [6.07, 6.45) is 2.60. The quantitative estimate of drug-likeness (QED) is 0.335. The van der Waals surface area contributed by atoms with Gasteiger partial charge in [0.25, 0.3) is 0 Å². The van der Waals surface area contributed by atoms with Crippen LogP contribution in [0.4, 0.5) is 0 Å². The molecule has 5 nitrogen and oxygen atoms in total. The third-order valence-electron chi connectivity index (χ3n) is 1.74. The van der Waals surface area contributed by atoms with E-state index in [4.69, 9.17) is 0 Å². The van der Waals surface area contributed by atoms with Gasteiger partial charge >= 0.3 is 5.97 Å². The number of Topliss-reactive ketones (excluding diaryl/α,β-unsaturated/α-hetero) is 2. The maximum atomic E-state index is 11.4. The predicted octanol–water partition coefficient (Wildman–Crippen LogP) is 0.720. The van der Waals surface area contributed by atoms with Gasteiger partial charge in [0, 0.05) is 18.0 Å². The molecule has 0 spiro atoms. The van der Waals surface area contributed by atoms with Crippen LogP contribution in [-0.2, 0) is 14.3 Å². The number of ketones is 2. The van der Waals surface area contributed by atoms with Crippen LogP contribution in [0, 0.1) is 0 Å². The fourth-order valence-electron chi connectivity index (χ4n) is 1.03. The third kappa shape index (κ3) is 3.05. The zero-order chi connectivity index (χ0) is 11.3. The van der Waals surface area contributed by atoms with Gasteiger partial charge in [-0.2, -0.15) is 0 Å². The molecule has 0 unspecified atom stereocenters. The molecular formula is C10H11NO4. The van der Waals surface area contributed by atoms with Gasteiger partial charge < -0.3 is 9.72 Å². The van der Waals surface area contributed by atoms with Crippen molar-refractivity contribution in [3.63, 3.8) is 0 Å². The maximum Gasteiger partial charge on any atom is 0.375 e. The monoisotopic (exact) mass is 209 g/mol. The van der Waals surface area contributed by atoms with Crippen LogP contribution in [0.5, 0.6) is 0 Å². The Kier molecular flexibility index (Phi) is 3.79. The Morgan fingerprint density at radius 3 is 2.67 bits per heavy atom. The molecule has 1 rings (SSSR count). The van der Waals surface area contributed by atoms with E-state index in [1.54, 1.807) is 19.2 Å². The molecule has 0 bridgehead atoms. The molecule has 1 aromatic rings. The number of nitrogens with one attached hydrogen (secondary N) is 1. The molecule has 0 aliphatic rings. The van der Waals surface area contributed by atoms with E-state index in [0.29, 0.717) is 5.56 Å². The number of aromatic nitrogens is 1. The second-order valence-electron chi connectivity index (χ2n) is 2.84.